The summed E-state index contributed by atoms with van der Waals surface area (Å²) in [7, 11) is 0. The van der Waals surface area contributed by atoms with E-state index in [0.29, 0.717) is 26.5 Å². The summed E-state index contributed by atoms with van der Waals surface area (Å²) in [6.45, 7) is 4.79. The van der Waals surface area contributed by atoms with Crippen LogP contribution in [-0.4, -0.2) is 21.8 Å². The number of hydrogen-bond acceptors (Lipinski definition) is 6. The van der Waals surface area contributed by atoms with Crippen molar-refractivity contribution in [2.45, 2.75) is 27.4 Å². The molecule has 0 bridgehead atoms. The van der Waals surface area contributed by atoms with Crippen LogP contribution in [0, 0.1) is 13.8 Å². The predicted octanol–water partition coefficient (Wildman–Crippen LogP) is 3.57. The Labute approximate surface area is 163 Å². The van der Waals surface area contributed by atoms with E-state index in [2.05, 4.69) is 15.3 Å². The first-order valence-electron chi connectivity index (χ1n) is 7.99. The molecule has 0 aliphatic carbocycles. The summed E-state index contributed by atoms with van der Waals surface area (Å²) in [6, 6.07) is 4.75. The van der Waals surface area contributed by atoms with E-state index < -0.39 is 5.97 Å². The predicted molar refractivity (Wildman–Crippen MR) is 105 cm³/mol. The lowest BCUT2D eigenvalue weighted by molar-refractivity contribution is -0.114. The first-order chi connectivity index (χ1) is 12.8. The number of nitrogens with one attached hydrogen (secondary N) is 2. The Morgan fingerprint density at radius 2 is 2.07 bits per heavy atom. The lowest BCUT2D eigenvalue weighted by Gasteiger charge is -2.08. The normalized spacial score (nSPS) is 10.8. The van der Waals surface area contributed by atoms with Crippen LogP contribution in [0.5, 0.6) is 0 Å². The molecule has 27 heavy (non-hydrogen) atoms. The monoisotopic (exact) mass is 405 g/mol. The average Bonchev–Trinajstić information content (AvgIpc) is 2.85. The molecule has 2 aromatic heterocycles. The van der Waals surface area contributed by atoms with Gasteiger partial charge in [-0.15, -0.1) is 11.3 Å². The van der Waals surface area contributed by atoms with Gasteiger partial charge in [0.05, 0.1) is 16.5 Å². The number of thiophene rings is 1. The quantitative estimate of drug-likeness (QED) is 0.646. The van der Waals surface area contributed by atoms with Gasteiger partial charge in [-0.2, -0.15) is 0 Å². The number of fused-ring (bicyclic) bond motifs is 1. The molecule has 3 aromatic rings. The molecular weight excluding hydrogens is 390 g/mol. The van der Waals surface area contributed by atoms with E-state index in [1.807, 2.05) is 6.92 Å². The number of rotatable bonds is 4. The molecule has 0 atom stereocenters. The maximum Gasteiger partial charge on any atom is 0.341 e. The summed E-state index contributed by atoms with van der Waals surface area (Å²) >= 11 is 7.24. The number of anilines is 1. The number of amides is 1. The van der Waals surface area contributed by atoms with Crippen LogP contribution in [0.4, 0.5) is 5.00 Å². The van der Waals surface area contributed by atoms with Crippen LogP contribution in [-0.2, 0) is 16.1 Å². The summed E-state index contributed by atoms with van der Waals surface area (Å²) in [5, 5.41) is 3.93. The van der Waals surface area contributed by atoms with E-state index in [-0.39, 0.29) is 23.9 Å². The van der Waals surface area contributed by atoms with Crippen molar-refractivity contribution in [3.63, 3.8) is 0 Å². The molecule has 0 radical (unpaired) electrons. The highest BCUT2D eigenvalue weighted by Crippen LogP contribution is 2.33. The Morgan fingerprint density at radius 3 is 2.78 bits per heavy atom. The lowest BCUT2D eigenvalue weighted by atomic mass is 10.1. The van der Waals surface area contributed by atoms with E-state index in [1.54, 1.807) is 25.1 Å². The van der Waals surface area contributed by atoms with E-state index in [0.717, 1.165) is 10.4 Å². The van der Waals surface area contributed by atoms with Gasteiger partial charge in [0.1, 0.15) is 17.4 Å². The summed E-state index contributed by atoms with van der Waals surface area (Å²) in [6.07, 6.45) is 0. The smallest absolute Gasteiger partial charge is 0.341 e. The van der Waals surface area contributed by atoms with Crippen molar-refractivity contribution in [1.82, 2.24) is 9.97 Å². The van der Waals surface area contributed by atoms with Crippen molar-refractivity contribution in [2.75, 3.05) is 5.32 Å². The fourth-order valence-electron chi connectivity index (χ4n) is 2.56. The van der Waals surface area contributed by atoms with Crippen molar-refractivity contribution < 1.29 is 14.3 Å². The zero-order valence-electron chi connectivity index (χ0n) is 14.8. The molecular formula is C18H16ClN3O4S. The van der Waals surface area contributed by atoms with E-state index in [4.69, 9.17) is 16.3 Å². The fourth-order valence-corrected chi connectivity index (χ4v) is 3.82. The number of aryl methyl sites for hydroxylation is 1. The number of benzene rings is 1. The van der Waals surface area contributed by atoms with Crippen molar-refractivity contribution in [3.05, 3.63) is 55.4 Å². The Hall–Kier alpha value is -2.71. The third-order valence-corrected chi connectivity index (χ3v) is 5.29. The fraction of sp³-hybridized carbons (Fsp3) is 0.222. The van der Waals surface area contributed by atoms with E-state index >= 15 is 0 Å². The zero-order valence-corrected chi connectivity index (χ0v) is 16.4. The molecule has 3 rings (SSSR count). The van der Waals surface area contributed by atoms with Crippen LogP contribution in [0.2, 0.25) is 5.02 Å². The van der Waals surface area contributed by atoms with Gasteiger partial charge in [-0.05, 0) is 37.6 Å². The molecule has 140 valence electrons. The number of carbonyl (C=O) groups excluding carboxylic acids is 2. The largest absolute Gasteiger partial charge is 0.454 e. The number of ether oxygens (including phenoxy) is 1. The van der Waals surface area contributed by atoms with Crippen molar-refractivity contribution >= 4 is 50.7 Å². The molecule has 1 amide bonds. The van der Waals surface area contributed by atoms with Crippen LogP contribution in [0.3, 0.4) is 0 Å². The first-order valence-corrected chi connectivity index (χ1v) is 9.19. The molecule has 0 fully saturated rings. The standard InChI is InChI=1S/C18H16ClN3O4S/c1-8-9(2)27-17(20-10(3)23)15(8)18(25)26-7-14-21-13-6-11(19)4-5-12(13)16(24)22-14/h4-6H,7H2,1-3H3,(H,20,23)(H,21,22,24). The SMILES string of the molecule is CC(=O)Nc1sc(C)c(C)c1C(=O)OCc1nc2cc(Cl)ccc2c(=O)[nH]1. The number of aromatic nitrogens is 2. The molecule has 1 aromatic carbocycles. The van der Waals surface area contributed by atoms with Crippen LogP contribution in [0.1, 0.15) is 33.5 Å². The summed E-state index contributed by atoms with van der Waals surface area (Å²) in [4.78, 5) is 43.8. The Morgan fingerprint density at radius 1 is 1.33 bits per heavy atom. The number of carbonyl (C=O) groups is 2. The number of nitrogens with zero attached hydrogens (tertiary/aromatic N) is 1. The summed E-state index contributed by atoms with van der Waals surface area (Å²) in [5.41, 5.74) is 1.11. The number of esters is 1. The molecule has 7 nitrogen and oxygen atoms in total. The van der Waals surface area contributed by atoms with Gasteiger partial charge in [0.2, 0.25) is 5.91 Å². The number of H-pyrrole nitrogens is 1. The van der Waals surface area contributed by atoms with Gasteiger partial charge < -0.3 is 15.0 Å². The van der Waals surface area contributed by atoms with Crippen LogP contribution in [0.25, 0.3) is 10.9 Å². The minimum absolute atomic E-state index is 0.203. The molecule has 0 saturated heterocycles. The van der Waals surface area contributed by atoms with Gasteiger partial charge in [-0.3, -0.25) is 9.59 Å². The van der Waals surface area contributed by atoms with Crippen LogP contribution in [0.15, 0.2) is 23.0 Å². The second kappa shape index (κ2) is 7.50. The molecule has 0 aliphatic rings. The minimum atomic E-state index is -0.602. The summed E-state index contributed by atoms with van der Waals surface area (Å²) < 4.78 is 5.32. The van der Waals surface area contributed by atoms with Gasteiger partial charge in [-0.1, -0.05) is 11.6 Å². The van der Waals surface area contributed by atoms with Crippen molar-refractivity contribution in [2.24, 2.45) is 0 Å². The second-order valence-corrected chi connectivity index (χ2v) is 7.58. The number of aromatic amines is 1. The maximum atomic E-state index is 12.5. The zero-order chi connectivity index (χ0) is 19.7. The third-order valence-electron chi connectivity index (χ3n) is 3.94. The van der Waals surface area contributed by atoms with E-state index in [1.165, 1.54) is 18.3 Å². The van der Waals surface area contributed by atoms with Gasteiger partial charge in [0.25, 0.3) is 5.56 Å². The molecule has 2 heterocycles. The Kier molecular flexibility index (Phi) is 5.29. The Bertz CT molecular complexity index is 1120. The van der Waals surface area contributed by atoms with Crippen LogP contribution >= 0.6 is 22.9 Å². The molecule has 0 aliphatic heterocycles. The highest BCUT2D eigenvalue weighted by atomic mass is 35.5. The van der Waals surface area contributed by atoms with Crippen molar-refractivity contribution in [3.8, 4) is 0 Å². The van der Waals surface area contributed by atoms with Gasteiger partial charge >= 0.3 is 5.97 Å². The minimum Gasteiger partial charge on any atom is -0.454 e. The number of halogens is 1. The Balaban J connectivity index is 1.85. The number of hydrogen-bond donors (Lipinski definition) is 2. The first kappa shape index (κ1) is 19.1. The molecule has 2 N–H and O–H groups in total. The molecule has 9 heteroatoms. The van der Waals surface area contributed by atoms with Crippen molar-refractivity contribution in [1.29, 1.82) is 0 Å². The summed E-state index contributed by atoms with van der Waals surface area (Å²) in [5.74, 6) is -0.675. The molecule has 0 spiro atoms. The molecule has 0 saturated carbocycles. The topological polar surface area (TPSA) is 101 Å². The van der Waals surface area contributed by atoms with Gasteiger partial charge in [-0.25, -0.2) is 9.78 Å². The van der Waals surface area contributed by atoms with Gasteiger partial charge in [0.15, 0.2) is 0 Å². The second-order valence-electron chi connectivity index (χ2n) is 5.92. The average molecular weight is 406 g/mol. The van der Waals surface area contributed by atoms with Crippen LogP contribution < -0.4 is 10.9 Å². The highest BCUT2D eigenvalue weighted by Gasteiger charge is 2.22. The van der Waals surface area contributed by atoms with Gasteiger partial charge in [0, 0.05) is 16.8 Å². The maximum absolute atomic E-state index is 12.5. The third kappa shape index (κ3) is 4.01. The molecule has 0 unspecified atom stereocenters. The van der Waals surface area contributed by atoms with E-state index in [9.17, 15) is 14.4 Å². The highest BCUT2D eigenvalue weighted by molar-refractivity contribution is 7.16. The lowest BCUT2D eigenvalue weighted by Crippen LogP contribution is -2.16.